The third-order valence-electron chi connectivity index (χ3n) is 7.01. The van der Waals surface area contributed by atoms with E-state index in [4.69, 9.17) is 20.6 Å². The minimum Gasteiger partial charge on any atom is -0.434 e. The lowest BCUT2D eigenvalue weighted by Gasteiger charge is -2.23. The van der Waals surface area contributed by atoms with E-state index in [0.29, 0.717) is 28.9 Å². The van der Waals surface area contributed by atoms with Gasteiger partial charge in [0, 0.05) is 35.9 Å². The molecule has 2 aliphatic rings. The van der Waals surface area contributed by atoms with Crippen molar-refractivity contribution in [1.82, 2.24) is 24.5 Å². The number of hydrogen-bond donors (Lipinski definition) is 1. The molecular formula is C26H24F2N6O2. The number of hydrogen-bond acceptors (Lipinski definition) is 6. The van der Waals surface area contributed by atoms with Gasteiger partial charge in [0.15, 0.2) is 5.65 Å². The molecule has 3 aromatic heterocycles. The number of alkyl halides is 2. The summed E-state index contributed by atoms with van der Waals surface area (Å²) in [5.74, 6) is -0.638. The second kappa shape index (κ2) is 7.79. The number of carbonyl (C=O) groups is 1. The summed E-state index contributed by atoms with van der Waals surface area (Å²) in [6.45, 7) is 0.769. The summed E-state index contributed by atoms with van der Waals surface area (Å²) in [6, 6.07) is 11.9. The molecule has 4 heterocycles. The Kier molecular flexibility index (Phi) is 4.88. The van der Waals surface area contributed by atoms with E-state index in [1.54, 1.807) is 34.8 Å². The molecule has 0 saturated carbocycles. The van der Waals surface area contributed by atoms with Gasteiger partial charge in [0.05, 0.1) is 34.4 Å². The molecule has 1 aromatic carbocycles. The van der Waals surface area contributed by atoms with Crippen LogP contribution in [-0.2, 0) is 5.54 Å². The highest BCUT2D eigenvalue weighted by Crippen LogP contribution is 2.52. The molecule has 4 aromatic rings. The van der Waals surface area contributed by atoms with Crippen LogP contribution in [0.3, 0.4) is 0 Å². The van der Waals surface area contributed by atoms with Crippen molar-refractivity contribution >= 4 is 11.6 Å². The number of rotatable bonds is 4. The molecule has 2 bridgehead atoms. The topological polar surface area (TPSA) is 98.6 Å². The lowest BCUT2D eigenvalue weighted by molar-refractivity contribution is -0.0506. The zero-order valence-electron chi connectivity index (χ0n) is 19.9. The van der Waals surface area contributed by atoms with Crippen molar-refractivity contribution in [3.05, 3.63) is 76.9 Å². The van der Waals surface area contributed by atoms with Crippen LogP contribution in [0, 0.1) is 0 Å². The summed E-state index contributed by atoms with van der Waals surface area (Å²) in [5.41, 5.74) is 10.7. The summed E-state index contributed by atoms with van der Waals surface area (Å²) < 4.78 is 33.2. The predicted octanol–water partition coefficient (Wildman–Crippen LogP) is 4.25. The Labute approximate surface area is 205 Å². The second-order valence-electron chi connectivity index (χ2n) is 9.84. The van der Waals surface area contributed by atoms with E-state index in [-0.39, 0.29) is 23.6 Å². The standard InChI is InChI=1S/C26H24F2N6O2/c1-26(2,29)19-9-7-13(12-30-19)16-8-10-20-31-22-17-11-15(23(22)34(20)32-16)21-14(24(35)33(17)3)5-4-6-18(21)36-25(27)28/h4-10,12,15,17,25H,11,29H2,1-3H3. The largest absolute Gasteiger partial charge is 0.434 e. The second-order valence-corrected chi connectivity index (χ2v) is 9.84. The number of benzene rings is 1. The van der Waals surface area contributed by atoms with Crippen LogP contribution in [0.2, 0.25) is 0 Å². The van der Waals surface area contributed by atoms with Gasteiger partial charge in [-0.3, -0.25) is 9.78 Å². The number of carbonyl (C=O) groups excluding carboxylic acids is 1. The number of imidazole rings is 1. The van der Waals surface area contributed by atoms with Crippen molar-refractivity contribution in [1.29, 1.82) is 0 Å². The molecule has 0 radical (unpaired) electrons. The number of ether oxygens (including phenoxy) is 1. The molecule has 1 aliphatic heterocycles. The molecule has 0 saturated heterocycles. The van der Waals surface area contributed by atoms with Crippen molar-refractivity contribution in [2.45, 2.75) is 44.4 Å². The van der Waals surface area contributed by atoms with Crippen LogP contribution in [0.1, 0.15) is 65.2 Å². The molecule has 1 aliphatic carbocycles. The third kappa shape index (κ3) is 3.35. The Bertz CT molecular complexity index is 1510. The molecule has 8 nitrogen and oxygen atoms in total. The molecule has 36 heavy (non-hydrogen) atoms. The lowest BCUT2D eigenvalue weighted by atomic mass is 9.91. The van der Waals surface area contributed by atoms with Gasteiger partial charge in [-0.25, -0.2) is 9.50 Å². The Hall–Kier alpha value is -3.92. The van der Waals surface area contributed by atoms with Gasteiger partial charge in [-0.2, -0.15) is 13.9 Å². The summed E-state index contributed by atoms with van der Waals surface area (Å²) in [4.78, 5) is 24.2. The Morgan fingerprint density at radius 1 is 1.17 bits per heavy atom. The van der Waals surface area contributed by atoms with Gasteiger partial charge in [0.1, 0.15) is 5.75 Å². The first kappa shape index (κ1) is 22.5. The molecule has 10 heteroatoms. The van der Waals surface area contributed by atoms with Gasteiger partial charge in [0.2, 0.25) is 0 Å². The predicted molar refractivity (Wildman–Crippen MR) is 128 cm³/mol. The number of nitrogens with zero attached hydrogens (tertiary/aromatic N) is 5. The summed E-state index contributed by atoms with van der Waals surface area (Å²) in [5, 5.41) is 4.86. The monoisotopic (exact) mass is 490 g/mol. The number of nitrogens with two attached hydrogens (primary N) is 1. The van der Waals surface area contributed by atoms with Gasteiger partial charge in [-0.15, -0.1) is 0 Å². The molecule has 6 rings (SSSR count). The van der Waals surface area contributed by atoms with E-state index >= 15 is 0 Å². The van der Waals surface area contributed by atoms with Gasteiger partial charge in [-0.1, -0.05) is 6.07 Å². The van der Waals surface area contributed by atoms with Crippen LogP contribution >= 0.6 is 0 Å². The number of amides is 1. The molecule has 2 unspecified atom stereocenters. The number of aromatic nitrogens is 4. The molecular weight excluding hydrogens is 466 g/mol. The fourth-order valence-corrected chi connectivity index (χ4v) is 5.28. The maximum atomic E-state index is 13.3. The first-order valence-corrected chi connectivity index (χ1v) is 11.6. The minimum atomic E-state index is -3.01. The van der Waals surface area contributed by atoms with Crippen molar-refractivity contribution in [2.75, 3.05) is 7.05 Å². The van der Waals surface area contributed by atoms with E-state index in [9.17, 15) is 13.6 Å². The van der Waals surface area contributed by atoms with E-state index in [1.165, 1.54) is 6.07 Å². The zero-order valence-corrected chi connectivity index (χ0v) is 19.9. The maximum absolute atomic E-state index is 13.3. The molecule has 0 spiro atoms. The first-order chi connectivity index (χ1) is 17.1. The number of pyridine rings is 1. The van der Waals surface area contributed by atoms with E-state index in [0.717, 1.165) is 22.6 Å². The van der Waals surface area contributed by atoms with Crippen molar-refractivity contribution in [2.24, 2.45) is 5.73 Å². The molecule has 0 fully saturated rings. The molecule has 2 atom stereocenters. The first-order valence-electron chi connectivity index (χ1n) is 11.6. The molecule has 1 amide bonds. The highest BCUT2D eigenvalue weighted by molar-refractivity contribution is 5.98. The Balaban J connectivity index is 1.52. The van der Waals surface area contributed by atoms with Crippen molar-refractivity contribution in [3.8, 4) is 17.0 Å². The SMILES string of the molecule is CN1C(=O)c2cccc(OC(F)F)c2C2CC1c1nc3ccc(-c4ccc(C(C)(C)N)nc4)nn3c12. The van der Waals surface area contributed by atoms with Crippen LogP contribution in [0.4, 0.5) is 8.78 Å². The van der Waals surface area contributed by atoms with Crippen LogP contribution in [0.25, 0.3) is 16.9 Å². The Morgan fingerprint density at radius 2 is 1.97 bits per heavy atom. The van der Waals surface area contributed by atoms with E-state index in [2.05, 4.69) is 4.98 Å². The smallest absolute Gasteiger partial charge is 0.387 e. The van der Waals surface area contributed by atoms with Crippen LogP contribution in [0.15, 0.2) is 48.7 Å². The molecule has 2 N–H and O–H groups in total. The van der Waals surface area contributed by atoms with Gasteiger partial charge in [0.25, 0.3) is 5.91 Å². The van der Waals surface area contributed by atoms with Gasteiger partial charge < -0.3 is 15.4 Å². The van der Waals surface area contributed by atoms with Crippen molar-refractivity contribution < 1.29 is 18.3 Å². The lowest BCUT2D eigenvalue weighted by Crippen LogP contribution is -2.30. The number of halogens is 2. The quantitative estimate of drug-likeness (QED) is 0.459. The summed E-state index contributed by atoms with van der Waals surface area (Å²) in [7, 11) is 1.71. The van der Waals surface area contributed by atoms with Gasteiger partial charge >= 0.3 is 6.61 Å². The minimum absolute atomic E-state index is 0.00181. The summed E-state index contributed by atoms with van der Waals surface area (Å²) >= 11 is 0. The maximum Gasteiger partial charge on any atom is 0.387 e. The van der Waals surface area contributed by atoms with E-state index < -0.39 is 12.2 Å². The normalized spacial score (nSPS) is 19.0. The van der Waals surface area contributed by atoms with Gasteiger partial charge in [-0.05, 0) is 56.7 Å². The zero-order chi connectivity index (χ0) is 25.4. The molecule has 184 valence electrons. The fraction of sp³-hybridized carbons (Fsp3) is 0.308. The third-order valence-corrected chi connectivity index (χ3v) is 7.01. The van der Waals surface area contributed by atoms with Crippen molar-refractivity contribution in [3.63, 3.8) is 0 Å². The van der Waals surface area contributed by atoms with E-state index in [1.807, 2.05) is 38.1 Å². The highest BCUT2D eigenvalue weighted by atomic mass is 19.3. The van der Waals surface area contributed by atoms with Crippen LogP contribution in [-0.4, -0.2) is 44.0 Å². The average molecular weight is 491 g/mol. The number of fused-ring (bicyclic) bond motifs is 9. The fourth-order valence-electron chi connectivity index (χ4n) is 5.28. The highest BCUT2D eigenvalue weighted by Gasteiger charge is 2.46. The summed E-state index contributed by atoms with van der Waals surface area (Å²) in [6.07, 6.45) is 2.24. The Morgan fingerprint density at radius 3 is 2.67 bits per heavy atom. The average Bonchev–Trinajstić information content (AvgIpc) is 3.36. The van der Waals surface area contributed by atoms with Crippen LogP contribution < -0.4 is 10.5 Å². The van der Waals surface area contributed by atoms with Crippen LogP contribution in [0.5, 0.6) is 5.75 Å².